The summed E-state index contributed by atoms with van der Waals surface area (Å²) in [5.41, 5.74) is 1.30. The first kappa shape index (κ1) is 15.1. The number of thiophene rings is 1. The Hall–Kier alpha value is -1.00. The van der Waals surface area contributed by atoms with Crippen molar-refractivity contribution in [3.63, 3.8) is 0 Å². The minimum absolute atomic E-state index is 0.162. The smallest absolute Gasteiger partial charge is 0.394 e. The molecular weight excluding hydrogens is 282 g/mol. The van der Waals surface area contributed by atoms with Crippen LogP contribution in [0.4, 0.5) is 0 Å². The van der Waals surface area contributed by atoms with E-state index in [1.54, 1.807) is 11.3 Å². The molecule has 1 aliphatic heterocycles. The molecule has 3 N–H and O–H groups in total. The van der Waals surface area contributed by atoms with E-state index in [1.165, 1.54) is 10.4 Å². The van der Waals surface area contributed by atoms with Crippen LogP contribution < -0.4 is 0 Å². The Morgan fingerprint density at radius 1 is 1.44 bits per heavy atom. The van der Waals surface area contributed by atoms with Crippen molar-refractivity contribution in [1.82, 2.24) is 4.90 Å². The van der Waals surface area contributed by atoms with Gasteiger partial charge in [-0.15, -0.1) is 11.3 Å². The van der Waals surface area contributed by atoms with Gasteiger partial charge in [-0.2, -0.15) is 8.42 Å². The third-order valence-electron chi connectivity index (χ3n) is 2.25. The van der Waals surface area contributed by atoms with Crippen molar-refractivity contribution in [2.75, 3.05) is 13.1 Å². The van der Waals surface area contributed by atoms with Crippen LogP contribution in [-0.2, 0) is 28.2 Å². The average molecular weight is 295 g/mol. The summed E-state index contributed by atoms with van der Waals surface area (Å²) in [6.45, 7) is 1.83. The maximum absolute atomic E-state index is 10.5. The summed E-state index contributed by atoms with van der Waals surface area (Å²) >= 11 is 1.77. The predicted octanol–water partition coefficient (Wildman–Crippen LogP) is 0.538. The Morgan fingerprint density at radius 2 is 2.06 bits per heavy atom. The highest BCUT2D eigenvalue weighted by Crippen LogP contribution is 2.23. The van der Waals surface area contributed by atoms with E-state index in [0.29, 0.717) is 0 Å². The number of carboxylic acids is 1. The first-order valence-corrected chi connectivity index (χ1v) is 7.22. The van der Waals surface area contributed by atoms with E-state index in [-0.39, 0.29) is 6.54 Å². The number of rotatable bonds is 2. The number of hydrogen-bond donors (Lipinski definition) is 3. The van der Waals surface area contributed by atoms with Gasteiger partial charge in [0, 0.05) is 18.0 Å². The van der Waals surface area contributed by atoms with Crippen molar-refractivity contribution in [2.24, 2.45) is 0 Å². The highest BCUT2D eigenvalue weighted by atomic mass is 32.3. The van der Waals surface area contributed by atoms with Gasteiger partial charge in [0.1, 0.15) is 0 Å². The van der Waals surface area contributed by atoms with Gasteiger partial charge in [-0.25, -0.2) is 0 Å². The first-order valence-electron chi connectivity index (χ1n) is 4.95. The van der Waals surface area contributed by atoms with Gasteiger partial charge < -0.3 is 5.11 Å². The van der Waals surface area contributed by atoms with E-state index in [9.17, 15) is 4.79 Å². The number of carboxylic acid groups (broad SMARTS) is 1. The van der Waals surface area contributed by atoms with Gasteiger partial charge in [0.2, 0.25) is 0 Å². The van der Waals surface area contributed by atoms with Gasteiger partial charge >= 0.3 is 16.4 Å². The third kappa shape index (κ3) is 6.07. The molecule has 0 spiro atoms. The summed E-state index contributed by atoms with van der Waals surface area (Å²) < 4.78 is 31.6. The van der Waals surface area contributed by atoms with Crippen molar-refractivity contribution in [2.45, 2.75) is 13.0 Å². The number of fused-ring (bicyclic) bond motifs is 1. The van der Waals surface area contributed by atoms with E-state index in [0.717, 1.165) is 19.5 Å². The molecule has 0 aliphatic carbocycles. The van der Waals surface area contributed by atoms with Crippen molar-refractivity contribution >= 4 is 27.7 Å². The zero-order valence-electron chi connectivity index (χ0n) is 9.31. The minimum Gasteiger partial charge on any atom is -0.480 e. The maximum atomic E-state index is 10.5. The molecule has 9 heteroatoms. The largest absolute Gasteiger partial charge is 0.480 e. The zero-order valence-corrected chi connectivity index (χ0v) is 10.9. The molecule has 18 heavy (non-hydrogen) atoms. The van der Waals surface area contributed by atoms with Gasteiger partial charge in [0.15, 0.2) is 0 Å². The minimum atomic E-state index is -4.67. The molecule has 1 aromatic rings. The fourth-order valence-corrected chi connectivity index (χ4v) is 2.52. The van der Waals surface area contributed by atoms with Crippen LogP contribution in [0.2, 0.25) is 0 Å². The van der Waals surface area contributed by atoms with Crippen molar-refractivity contribution in [3.05, 3.63) is 21.9 Å². The Morgan fingerprint density at radius 3 is 2.61 bits per heavy atom. The molecule has 1 aromatic heterocycles. The monoisotopic (exact) mass is 295 g/mol. The van der Waals surface area contributed by atoms with E-state index in [4.69, 9.17) is 22.6 Å². The summed E-state index contributed by atoms with van der Waals surface area (Å²) in [5.74, 6) is -0.737. The van der Waals surface area contributed by atoms with Crippen LogP contribution in [0, 0.1) is 0 Å². The molecule has 0 saturated carbocycles. The fourth-order valence-electron chi connectivity index (χ4n) is 1.63. The van der Waals surface area contributed by atoms with Crippen molar-refractivity contribution in [1.29, 1.82) is 0 Å². The number of hydrogen-bond acceptors (Lipinski definition) is 5. The molecule has 0 unspecified atom stereocenters. The van der Waals surface area contributed by atoms with E-state index >= 15 is 0 Å². The van der Waals surface area contributed by atoms with Gasteiger partial charge in [0.05, 0.1) is 6.54 Å². The first-order chi connectivity index (χ1) is 8.25. The van der Waals surface area contributed by atoms with Crippen molar-refractivity contribution in [3.8, 4) is 0 Å². The lowest BCUT2D eigenvalue weighted by Crippen LogP contribution is -2.34. The molecule has 0 atom stereocenters. The molecule has 7 nitrogen and oxygen atoms in total. The summed E-state index contributed by atoms with van der Waals surface area (Å²) in [6, 6.07) is 2.09. The average Bonchev–Trinajstić information content (AvgIpc) is 2.60. The molecule has 0 amide bonds. The van der Waals surface area contributed by atoms with Crippen LogP contribution in [0.5, 0.6) is 0 Å². The molecule has 0 fully saturated rings. The second-order valence-electron chi connectivity index (χ2n) is 3.67. The third-order valence-corrected chi connectivity index (χ3v) is 3.27. The second-order valence-corrected chi connectivity index (χ2v) is 5.57. The normalized spacial score (nSPS) is 15.4. The lowest BCUT2D eigenvalue weighted by Gasteiger charge is -2.24. The molecule has 0 bridgehead atoms. The quantitative estimate of drug-likeness (QED) is 0.682. The van der Waals surface area contributed by atoms with Crippen LogP contribution in [0.25, 0.3) is 0 Å². The Balaban J connectivity index is 0.000000280. The van der Waals surface area contributed by atoms with E-state index < -0.39 is 16.4 Å². The SMILES string of the molecule is O=C(O)CN1CCc2sccc2C1.O=S(=O)(O)O. The van der Waals surface area contributed by atoms with E-state index in [2.05, 4.69) is 11.4 Å². The van der Waals surface area contributed by atoms with Gasteiger partial charge in [-0.3, -0.25) is 18.8 Å². The lowest BCUT2D eigenvalue weighted by atomic mass is 10.1. The molecule has 0 aromatic carbocycles. The van der Waals surface area contributed by atoms with Gasteiger partial charge in [0.25, 0.3) is 0 Å². The Kier molecular flexibility index (Phi) is 5.23. The summed E-state index contributed by atoms with van der Waals surface area (Å²) in [5, 5.41) is 10.7. The summed E-state index contributed by atoms with van der Waals surface area (Å²) in [6.07, 6.45) is 1.00. The highest BCUT2D eigenvalue weighted by molar-refractivity contribution is 7.79. The van der Waals surface area contributed by atoms with Crippen LogP contribution >= 0.6 is 11.3 Å². The van der Waals surface area contributed by atoms with Crippen LogP contribution in [0.3, 0.4) is 0 Å². The maximum Gasteiger partial charge on any atom is 0.394 e. The Bertz CT molecular complexity index is 501. The molecule has 102 valence electrons. The fraction of sp³-hybridized carbons (Fsp3) is 0.444. The topological polar surface area (TPSA) is 115 Å². The molecule has 0 radical (unpaired) electrons. The van der Waals surface area contributed by atoms with Crippen LogP contribution in [0.1, 0.15) is 10.4 Å². The van der Waals surface area contributed by atoms with Gasteiger partial charge in [-0.1, -0.05) is 0 Å². The van der Waals surface area contributed by atoms with Crippen LogP contribution in [-0.4, -0.2) is 46.6 Å². The number of carbonyl (C=O) groups is 1. The highest BCUT2D eigenvalue weighted by Gasteiger charge is 2.18. The molecular formula is C9H13NO6S2. The van der Waals surface area contributed by atoms with Crippen LogP contribution in [0.15, 0.2) is 11.4 Å². The molecule has 0 saturated heterocycles. The summed E-state index contributed by atoms with van der Waals surface area (Å²) in [7, 11) is -4.67. The number of aliphatic carboxylic acids is 1. The second kappa shape index (κ2) is 6.25. The lowest BCUT2D eigenvalue weighted by molar-refractivity contribution is -0.138. The zero-order chi connectivity index (χ0) is 13.8. The molecule has 1 aliphatic rings. The van der Waals surface area contributed by atoms with E-state index in [1.807, 2.05) is 4.90 Å². The van der Waals surface area contributed by atoms with Gasteiger partial charge in [-0.05, 0) is 23.4 Å². The number of nitrogens with zero attached hydrogens (tertiary/aromatic N) is 1. The summed E-state index contributed by atoms with van der Waals surface area (Å²) in [4.78, 5) is 13.9. The standard InChI is InChI=1S/C9H11NO2S.H2O4S/c11-9(12)6-10-3-1-8-7(5-10)2-4-13-8;1-5(2,3)4/h2,4H,1,3,5-6H2,(H,11,12);(H2,1,2,3,4). The molecule has 2 heterocycles. The Labute approximate surface area is 108 Å². The molecule has 2 rings (SSSR count). The predicted molar refractivity (Wildman–Crippen MR) is 65.1 cm³/mol. The van der Waals surface area contributed by atoms with Crippen molar-refractivity contribution < 1.29 is 27.4 Å².